The summed E-state index contributed by atoms with van der Waals surface area (Å²) in [6.07, 6.45) is 0.989. The van der Waals surface area contributed by atoms with Gasteiger partial charge in [-0.2, -0.15) is 0 Å². The minimum atomic E-state index is -0.216. The van der Waals surface area contributed by atoms with E-state index in [1.54, 1.807) is 0 Å². The zero-order chi connectivity index (χ0) is 19.6. The lowest BCUT2D eigenvalue weighted by atomic mass is 10.1. The van der Waals surface area contributed by atoms with Crippen LogP contribution in [0.5, 0.6) is 0 Å². The van der Waals surface area contributed by atoms with Crippen molar-refractivity contribution in [3.05, 3.63) is 35.9 Å². The van der Waals surface area contributed by atoms with Gasteiger partial charge in [0.1, 0.15) is 0 Å². The molecule has 1 atom stereocenters. The first kappa shape index (κ1) is 20.9. The van der Waals surface area contributed by atoms with E-state index in [0.29, 0.717) is 45.4 Å². The third-order valence-electron chi connectivity index (χ3n) is 4.82. The molecule has 0 bridgehead atoms. The topological polar surface area (TPSA) is 79.0 Å². The molecule has 2 rings (SSSR count). The molecule has 148 valence electrons. The van der Waals surface area contributed by atoms with Gasteiger partial charge in [-0.1, -0.05) is 30.3 Å². The normalized spacial score (nSPS) is 17.4. The highest BCUT2D eigenvalue weighted by molar-refractivity contribution is 5.80. The minimum absolute atomic E-state index is 0.0504. The third-order valence-corrected chi connectivity index (χ3v) is 4.82. The molecule has 1 unspecified atom stereocenters. The number of amides is 2. The number of piperazine rings is 1. The quantitative estimate of drug-likeness (QED) is 0.681. The maximum absolute atomic E-state index is 12.4. The van der Waals surface area contributed by atoms with Gasteiger partial charge in [-0.05, 0) is 12.5 Å². The molecule has 0 aromatic heterocycles. The van der Waals surface area contributed by atoms with Crippen molar-refractivity contribution in [1.29, 1.82) is 0 Å². The van der Waals surface area contributed by atoms with Crippen LogP contribution in [0.15, 0.2) is 30.3 Å². The number of nitrogens with one attached hydrogen (secondary N) is 1. The van der Waals surface area contributed by atoms with Crippen LogP contribution in [-0.4, -0.2) is 73.5 Å². The van der Waals surface area contributed by atoms with Crippen LogP contribution in [0.2, 0.25) is 0 Å². The van der Waals surface area contributed by atoms with Crippen LogP contribution in [0.25, 0.3) is 0 Å². The van der Waals surface area contributed by atoms with Gasteiger partial charge in [0.2, 0.25) is 11.8 Å². The Morgan fingerprint density at radius 1 is 1.15 bits per heavy atom. The molecule has 27 heavy (non-hydrogen) atoms. The van der Waals surface area contributed by atoms with E-state index < -0.39 is 0 Å². The maximum atomic E-state index is 12.4. The number of esters is 1. The molecule has 0 saturated carbocycles. The summed E-state index contributed by atoms with van der Waals surface area (Å²) >= 11 is 0. The summed E-state index contributed by atoms with van der Waals surface area (Å²) in [6, 6.07) is 9.73. The Bertz CT molecular complexity index is 635. The average molecular weight is 375 g/mol. The largest absolute Gasteiger partial charge is 0.469 e. The van der Waals surface area contributed by atoms with E-state index in [9.17, 15) is 14.4 Å². The van der Waals surface area contributed by atoms with Gasteiger partial charge in [-0.15, -0.1) is 0 Å². The molecule has 1 aromatic rings. The number of carbonyl (C=O) groups excluding carboxylic acids is 3. The molecular weight excluding hydrogens is 346 g/mol. The molecule has 0 aliphatic carbocycles. The summed E-state index contributed by atoms with van der Waals surface area (Å²) in [4.78, 5) is 39.6. The van der Waals surface area contributed by atoms with Crippen molar-refractivity contribution in [2.75, 3.05) is 39.8 Å². The number of carbonyl (C=O) groups is 3. The summed E-state index contributed by atoms with van der Waals surface area (Å²) < 4.78 is 4.67. The van der Waals surface area contributed by atoms with E-state index in [1.807, 2.05) is 35.2 Å². The van der Waals surface area contributed by atoms with Gasteiger partial charge in [0.05, 0.1) is 20.0 Å². The van der Waals surface area contributed by atoms with E-state index in [4.69, 9.17) is 0 Å². The Kier molecular flexibility index (Phi) is 8.26. The third kappa shape index (κ3) is 7.02. The Hall–Kier alpha value is -2.41. The first-order chi connectivity index (χ1) is 13.0. The van der Waals surface area contributed by atoms with Gasteiger partial charge in [0.25, 0.3) is 0 Å². The number of methoxy groups -OCH3 is 1. The standard InChI is InChI=1S/C20H29N3O4/c1-16-15-23(13-12-22(16)11-9-20(26)27-2)19(25)8-10-21-18(24)14-17-6-4-3-5-7-17/h3-7,16H,8-15H2,1-2H3,(H,21,24). The second-order valence-corrected chi connectivity index (χ2v) is 6.81. The number of hydrogen-bond donors (Lipinski definition) is 1. The zero-order valence-electron chi connectivity index (χ0n) is 16.1. The maximum Gasteiger partial charge on any atom is 0.306 e. The summed E-state index contributed by atoms with van der Waals surface area (Å²) in [6.45, 7) is 5.07. The number of hydrogen-bond acceptors (Lipinski definition) is 5. The van der Waals surface area contributed by atoms with Crippen molar-refractivity contribution in [2.45, 2.75) is 32.2 Å². The van der Waals surface area contributed by atoms with E-state index in [2.05, 4.69) is 21.9 Å². The summed E-state index contributed by atoms with van der Waals surface area (Å²) in [5, 5.41) is 2.81. The molecule has 0 radical (unpaired) electrons. The van der Waals surface area contributed by atoms with Crippen LogP contribution >= 0.6 is 0 Å². The van der Waals surface area contributed by atoms with Gasteiger partial charge in [-0.25, -0.2) is 0 Å². The van der Waals surface area contributed by atoms with Crippen molar-refractivity contribution in [3.63, 3.8) is 0 Å². The molecule has 1 heterocycles. The summed E-state index contributed by atoms with van der Waals surface area (Å²) in [5.74, 6) is -0.239. The molecular formula is C20H29N3O4. The molecule has 7 heteroatoms. The van der Waals surface area contributed by atoms with E-state index in [-0.39, 0.29) is 23.8 Å². The van der Waals surface area contributed by atoms with Crippen LogP contribution in [0.3, 0.4) is 0 Å². The van der Waals surface area contributed by atoms with E-state index in [1.165, 1.54) is 7.11 Å². The van der Waals surface area contributed by atoms with E-state index in [0.717, 1.165) is 12.1 Å². The van der Waals surface area contributed by atoms with Crippen molar-refractivity contribution in [2.24, 2.45) is 0 Å². The molecule has 1 aliphatic rings. The van der Waals surface area contributed by atoms with Crippen LogP contribution in [0, 0.1) is 0 Å². The van der Waals surface area contributed by atoms with Crippen LogP contribution in [0.4, 0.5) is 0 Å². The lowest BCUT2D eigenvalue weighted by molar-refractivity contribution is -0.142. The second-order valence-electron chi connectivity index (χ2n) is 6.81. The van der Waals surface area contributed by atoms with Crippen molar-refractivity contribution in [1.82, 2.24) is 15.1 Å². The summed E-state index contributed by atoms with van der Waals surface area (Å²) in [5.41, 5.74) is 0.957. The Labute approximate surface area is 160 Å². The average Bonchev–Trinajstić information content (AvgIpc) is 2.67. The fraction of sp³-hybridized carbons (Fsp3) is 0.550. The second kappa shape index (κ2) is 10.7. The van der Waals surface area contributed by atoms with Crippen molar-refractivity contribution in [3.8, 4) is 0 Å². The molecule has 1 aromatic carbocycles. The highest BCUT2D eigenvalue weighted by atomic mass is 16.5. The highest BCUT2D eigenvalue weighted by Crippen LogP contribution is 2.11. The van der Waals surface area contributed by atoms with Gasteiger partial charge in [-0.3, -0.25) is 19.3 Å². The number of ether oxygens (including phenoxy) is 1. The van der Waals surface area contributed by atoms with Crippen molar-refractivity contribution >= 4 is 17.8 Å². The first-order valence-electron chi connectivity index (χ1n) is 9.39. The molecule has 1 N–H and O–H groups in total. The monoisotopic (exact) mass is 375 g/mol. The van der Waals surface area contributed by atoms with Gasteiger partial charge in [0, 0.05) is 45.2 Å². The van der Waals surface area contributed by atoms with Gasteiger partial charge >= 0.3 is 5.97 Å². The Morgan fingerprint density at radius 2 is 1.89 bits per heavy atom. The zero-order valence-corrected chi connectivity index (χ0v) is 16.1. The SMILES string of the molecule is COC(=O)CCN1CCN(C(=O)CCNC(=O)Cc2ccccc2)CC1C. The van der Waals surface area contributed by atoms with Crippen molar-refractivity contribution < 1.29 is 19.1 Å². The molecule has 7 nitrogen and oxygen atoms in total. The smallest absolute Gasteiger partial charge is 0.306 e. The molecule has 1 saturated heterocycles. The summed E-state index contributed by atoms with van der Waals surface area (Å²) in [7, 11) is 1.39. The molecule has 2 amide bonds. The number of benzene rings is 1. The van der Waals surface area contributed by atoms with E-state index >= 15 is 0 Å². The number of nitrogens with zero attached hydrogens (tertiary/aromatic N) is 2. The fourth-order valence-corrected chi connectivity index (χ4v) is 3.20. The minimum Gasteiger partial charge on any atom is -0.469 e. The fourth-order valence-electron chi connectivity index (χ4n) is 3.20. The molecule has 1 fully saturated rings. The van der Waals surface area contributed by atoms with Crippen LogP contribution in [0.1, 0.15) is 25.3 Å². The molecule has 1 aliphatic heterocycles. The van der Waals surface area contributed by atoms with Gasteiger partial charge < -0.3 is 15.0 Å². The predicted octanol–water partition coefficient (Wildman–Crippen LogP) is 0.831. The Morgan fingerprint density at radius 3 is 2.56 bits per heavy atom. The molecule has 0 spiro atoms. The highest BCUT2D eigenvalue weighted by Gasteiger charge is 2.26. The van der Waals surface area contributed by atoms with Crippen LogP contribution < -0.4 is 5.32 Å². The van der Waals surface area contributed by atoms with Crippen LogP contribution in [-0.2, 0) is 25.5 Å². The Balaban J connectivity index is 1.66. The first-order valence-corrected chi connectivity index (χ1v) is 9.39. The lowest BCUT2D eigenvalue weighted by Crippen LogP contribution is -2.54. The predicted molar refractivity (Wildman–Crippen MR) is 102 cm³/mol. The lowest BCUT2D eigenvalue weighted by Gasteiger charge is -2.39. The van der Waals surface area contributed by atoms with Gasteiger partial charge in [0.15, 0.2) is 0 Å². The number of rotatable bonds is 8.